The third-order valence-electron chi connectivity index (χ3n) is 1.97. The summed E-state index contributed by atoms with van der Waals surface area (Å²) < 4.78 is 6.31. The van der Waals surface area contributed by atoms with Crippen LogP contribution in [0.5, 0.6) is 0 Å². The average Bonchev–Trinajstić information content (AvgIpc) is 2.62. The maximum absolute atomic E-state index is 5.22. The lowest BCUT2D eigenvalue weighted by Crippen LogP contribution is -1.81. The van der Waals surface area contributed by atoms with Crippen molar-refractivity contribution in [2.24, 2.45) is 0 Å². The molecule has 0 fully saturated rings. The summed E-state index contributed by atoms with van der Waals surface area (Å²) in [7, 11) is 0. The van der Waals surface area contributed by atoms with Crippen LogP contribution in [0.2, 0.25) is 0 Å². The van der Waals surface area contributed by atoms with Crippen LogP contribution in [0.1, 0.15) is 5.56 Å². The quantitative estimate of drug-likeness (QED) is 0.760. The zero-order chi connectivity index (χ0) is 9.26. The van der Waals surface area contributed by atoms with Gasteiger partial charge in [0.2, 0.25) is 0 Å². The molecule has 0 saturated heterocycles. The Morgan fingerprint density at radius 2 is 2.23 bits per heavy atom. The van der Waals surface area contributed by atoms with Crippen molar-refractivity contribution < 1.29 is 4.42 Å². The Morgan fingerprint density at radius 1 is 1.38 bits per heavy atom. The smallest absolute Gasteiger partial charge is 0.181 e. The molecule has 0 N–H and O–H groups in total. The van der Waals surface area contributed by atoms with Crippen LogP contribution in [-0.4, -0.2) is 4.98 Å². The molecular formula is C10H8BrNO. The molecule has 0 aliphatic carbocycles. The maximum Gasteiger partial charge on any atom is 0.181 e. The van der Waals surface area contributed by atoms with Crippen LogP contribution in [0.3, 0.4) is 0 Å². The molecule has 0 saturated carbocycles. The number of halogens is 1. The van der Waals surface area contributed by atoms with E-state index < -0.39 is 0 Å². The highest BCUT2D eigenvalue weighted by atomic mass is 79.9. The van der Waals surface area contributed by atoms with E-state index in [1.165, 1.54) is 12.0 Å². The molecule has 66 valence electrons. The third-order valence-corrected chi connectivity index (χ3v) is 2.82. The Hall–Kier alpha value is -1.09. The summed E-state index contributed by atoms with van der Waals surface area (Å²) in [5.74, 6) is 0.804. The lowest BCUT2D eigenvalue weighted by Gasteiger charge is -2.02. The van der Waals surface area contributed by atoms with E-state index in [0.29, 0.717) is 0 Å². The molecule has 13 heavy (non-hydrogen) atoms. The summed E-state index contributed by atoms with van der Waals surface area (Å²) in [6.07, 6.45) is 3.16. The zero-order valence-corrected chi connectivity index (χ0v) is 8.71. The second-order valence-electron chi connectivity index (χ2n) is 2.78. The molecular weight excluding hydrogens is 230 g/mol. The summed E-state index contributed by atoms with van der Waals surface area (Å²) in [4.78, 5) is 3.89. The van der Waals surface area contributed by atoms with Gasteiger partial charge in [0.15, 0.2) is 12.2 Å². The van der Waals surface area contributed by atoms with Crippen molar-refractivity contribution in [3.8, 4) is 11.3 Å². The molecule has 0 radical (unpaired) electrons. The summed E-state index contributed by atoms with van der Waals surface area (Å²) >= 11 is 3.47. The number of benzene rings is 1. The van der Waals surface area contributed by atoms with E-state index in [9.17, 15) is 0 Å². The largest absolute Gasteiger partial charge is 0.444 e. The summed E-state index contributed by atoms with van der Waals surface area (Å²) in [6.45, 7) is 2.04. The normalized spacial score (nSPS) is 10.3. The van der Waals surface area contributed by atoms with Gasteiger partial charge in [0.25, 0.3) is 0 Å². The standard InChI is InChI=1S/C10H8BrNO/c1-7-8(3-2-4-9(7)11)10-5-12-6-13-10/h2-6H,1H3. The van der Waals surface area contributed by atoms with Crippen LogP contribution in [0, 0.1) is 6.92 Å². The van der Waals surface area contributed by atoms with Crippen LogP contribution in [0.15, 0.2) is 39.7 Å². The molecule has 0 spiro atoms. The lowest BCUT2D eigenvalue weighted by molar-refractivity contribution is 0.571. The van der Waals surface area contributed by atoms with Gasteiger partial charge in [-0.3, -0.25) is 0 Å². The van der Waals surface area contributed by atoms with Gasteiger partial charge in [-0.15, -0.1) is 0 Å². The second kappa shape index (κ2) is 3.34. The SMILES string of the molecule is Cc1c(Br)cccc1-c1cnco1. The van der Waals surface area contributed by atoms with E-state index in [0.717, 1.165) is 15.8 Å². The van der Waals surface area contributed by atoms with Gasteiger partial charge in [0.05, 0.1) is 6.20 Å². The predicted octanol–water partition coefficient (Wildman–Crippen LogP) is 3.41. The number of oxazole rings is 1. The van der Waals surface area contributed by atoms with E-state index in [1.807, 2.05) is 25.1 Å². The third kappa shape index (κ3) is 1.52. The number of hydrogen-bond donors (Lipinski definition) is 0. The Bertz CT molecular complexity index is 409. The average molecular weight is 238 g/mol. The van der Waals surface area contributed by atoms with Crippen molar-refractivity contribution in [1.29, 1.82) is 0 Å². The highest BCUT2D eigenvalue weighted by Gasteiger charge is 2.06. The van der Waals surface area contributed by atoms with Gasteiger partial charge in [-0.25, -0.2) is 4.98 Å². The topological polar surface area (TPSA) is 26.0 Å². The number of hydrogen-bond acceptors (Lipinski definition) is 2. The number of aromatic nitrogens is 1. The van der Waals surface area contributed by atoms with Gasteiger partial charge in [-0.05, 0) is 18.6 Å². The molecule has 0 aliphatic heterocycles. The van der Waals surface area contributed by atoms with Gasteiger partial charge in [0.1, 0.15) is 0 Å². The minimum atomic E-state index is 0.804. The van der Waals surface area contributed by atoms with Gasteiger partial charge >= 0.3 is 0 Å². The molecule has 0 aliphatic rings. The fourth-order valence-corrected chi connectivity index (χ4v) is 1.59. The first-order valence-corrected chi connectivity index (χ1v) is 4.72. The Morgan fingerprint density at radius 3 is 2.92 bits per heavy atom. The van der Waals surface area contributed by atoms with Crippen molar-refractivity contribution in [3.63, 3.8) is 0 Å². The Balaban J connectivity index is 2.59. The second-order valence-corrected chi connectivity index (χ2v) is 3.63. The first-order chi connectivity index (χ1) is 6.29. The summed E-state index contributed by atoms with van der Waals surface area (Å²) in [6, 6.07) is 6.00. The van der Waals surface area contributed by atoms with Crippen molar-refractivity contribution in [3.05, 3.63) is 40.8 Å². The zero-order valence-electron chi connectivity index (χ0n) is 7.12. The minimum absolute atomic E-state index is 0.804. The molecule has 2 aromatic rings. The highest BCUT2D eigenvalue weighted by molar-refractivity contribution is 9.10. The molecule has 1 aromatic carbocycles. The lowest BCUT2D eigenvalue weighted by atomic mass is 10.1. The molecule has 2 nitrogen and oxygen atoms in total. The molecule has 0 bridgehead atoms. The monoisotopic (exact) mass is 237 g/mol. The van der Waals surface area contributed by atoms with Crippen LogP contribution < -0.4 is 0 Å². The van der Waals surface area contributed by atoms with Crippen LogP contribution >= 0.6 is 15.9 Å². The van der Waals surface area contributed by atoms with E-state index >= 15 is 0 Å². The summed E-state index contributed by atoms with van der Waals surface area (Å²) in [5.41, 5.74) is 2.24. The number of rotatable bonds is 1. The van der Waals surface area contributed by atoms with E-state index in [-0.39, 0.29) is 0 Å². The first kappa shape index (κ1) is 8.51. The van der Waals surface area contributed by atoms with Gasteiger partial charge in [-0.2, -0.15) is 0 Å². The van der Waals surface area contributed by atoms with Gasteiger partial charge in [0, 0.05) is 10.0 Å². The van der Waals surface area contributed by atoms with Crippen molar-refractivity contribution in [1.82, 2.24) is 4.98 Å². The van der Waals surface area contributed by atoms with E-state index in [4.69, 9.17) is 4.42 Å². The van der Waals surface area contributed by atoms with Crippen molar-refractivity contribution in [2.45, 2.75) is 6.92 Å². The first-order valence-electron chi connectivity index (χ1n) is 3.93. The van der Waals surface area contributed by atoms with Crippen molar-refractivity contribution >= 4 is 15.9 Å². The molecule has 0 atom stereocenters. The summed E-state index contributed by atoms with van der Waals surface area (Å²) in [5, 5.41) is 0. The predicted molar refractivity (Wildman–Crippen MR) is 54.4 cm³/mol. The van der Waals surface area contributed by atoms with Crippen LogP contribution in [0.25, 0.3) is 11.3 Å². The van der Waals surface area contributed by atoms with E-state index in [1.54, 1.807) is 6.20 Å². The molecule has 1 heterocycles. The fourth-order valence-electron chi connectivity index (χ4n) is 1.22. The van der Waals surface area contributed by atoms with Crippen LogP contribution in [-0.2, 0) is 0 Å². The Kier molecular flexibility index (Phi) is 2.19. The minimum Gasteiger partial charge on any atom is -0.444 e. The molecule has 3 heteroatoms. The van der Waals surface area contributed by atoms with E-state index in [2.05, 4.69) is 20.9 Å². The molecule has 0 amide bonds. The Labute approximate surface area is 84.7 Å². The molecule has 2 rings (SSSR count). The maximum atomic E-state index is 5.22. The fraction of sp³-hybridized carbons (Fsp3) is 0.100. The van der Waals surface area contributed by atoms with Crippen LogP contribution in [0.4, 0.5) is 0 Å². The molecule has 1 aromatic heterocycles. The highest BCUT2D eigenvalue weighted by Crippen LogP contribution is 2.27. The van der Waals surface area contributed by atoms with Crippen molar-refractivity contribution in [2.75, 3.05) is 0 Å². The van der Waals surface area contributed by atoms with Gasteiger partial charge in [-0.1, -0.05) is 28.1 Å². The van der Waals surface area contributed by atoms with Gasteiger partial charge < -0.3 is 4.42 Å². The molecule has 0 unspecified atom stereocenters. The number of nitrogens with zero attached hydrogens (tertiary/aromatic N) is 1.